The summed E-state index contributed by atoms with van der Waals surface area (Å²) in [5.74, 6) is 0. The van der Waals surface area contributed by atoms with Gasteiger partial charge in [0, 0.05) is 6.42 Å². The molecule has 0 N–H and O–H groups in total. The molecule has 0 atom stereocenters. The van der Waals surface area contributed by atoms with Crippen molar-refractivity contribution in [3.63, 3.8) is 0 Å². The normalized spacial score (nSPS) is 10.9. The van der Waals surface area contributed by atoms with Crippen LogP contribution in [0.1, 0.15) is 64.7 Å². The van der Waals surface area contributed by atoms with Gasteiger partial charge in [0.25, 0.3) is 0 Å². The van der Waals surface area contributed by atoms with E-state index in [1.165, 1.54) is 32.1 Å². The number of hydrogen-bond acceptors (Lipinski definition) is 1. The Morgan fingerprint density at radius 1 is 0.929 bits per heavy atom. The van der Waals surface area contributed by atoms with Gasteiger partial charge in [-0.2, -0.15) is 0 Å². The van der Waals surface area contributed by atoms with Crippen LogP contribution in [0, 0.1) is 0 Å². The molecular formula is C13H23O. The Kier molecular flexibility index (Phi) is 11.9. The van der Waals surface area contributed by atoms with Crippen LogP contribution in [-0.2, 0) is 4.79 Å². The van der Waals surface area contributed by atoms with Crippen molar-refractivity contribution in [2.75, 3.05) is 0 Å². The number of allylic oxidation sites excluding steroid dienone is 2. The molecule has 0 aliphatic rings. The second-order valence-corrected chi connectivity index (χ2v) is 3.71. The van der Waals surface area contributed by atoms with Crippen molar-refractivity contribution in [2.45, 2.75) is 64.7 Å². The average molecular weight is 195 g/mol. The van der Waals surface area contributed by atoms with Crippen molar-refractivity contribution >= 4 is 6.29 Å². The molecule has 0 bridgehead atoms. The van der Waals surface area contributed by atoms with Gasteiger partial charge >= 0.3 is 0 Å². The van der Waals surface area contributed by atoms with E-state index >= 15 is 0 Å². The number of rotatable bonds is 10. The fourth-order valence-electron chi connectivity index (χ4n) is 1.38. The van der Waals surface area contributed by atoms with E-state index in [4.69, 9.17) is 0 Å². The third kappa shape index (κ3) is 11.4. The standard InChI is InChI=1S/C13H23O/c1-2-3-4-5-6-7-8-9-10-11-12-13-14/h7-8H,2-6,9-12H2,1H3. The maximum Gasteiger partial charge on any atom is 0.198 e. The minimum absolute atomic E-state index is 0.602. The first-order valence-corrected chi connectivity index (χ1v) is 5.91. The van der Waals surface area contributed by atoms with Gasteiger partial charge in [0.1, 0.15) is 0 Å². The van der Waals surface area contributed by atoms with Crippen LogP contribution < -0.4 is 0 Å². The molecule has 0 aliphatic heterocycles. The van der Waals surface area contributed by atoms with Crippen LogP contribution >= 0.6 is 0 Å². The van der Waals surface area contributed by atoms with E-state index in [2.05, 4.69) is 19.1 Å². The van der Waals surface area contributed by atoms with Gasteiger partial charge in [-0.15, -0.1) is 0 Å². The molecule has 0 aliphatic carbocycles. The molecule has 0 aromatic heterocycles. The first kappa shape index (κ1) is 13.4. The molecule has 0 saturated heterocycles. The van der Waals surface area contributed by atoms with E-state index in [0.29, 0.717) is 6.42 Å². The lowest BCUT2D eigenvalue weighted by molar-refractivity contribution is 0.547. The summed E-state index contributed by atoms with van der Waals surface area (Å²) in [5.41, 5.74) is 0. The molecule has 81 valence electrons. The Morgan fingerprint density at radius 3 is 2.14 bits per heavy atom. The summed E-state index contributed by atoms with van der Waals surface area (Å²) in [6.45, 7) is 2.24. The Balaban J connectivity index is 2.99. The van der Waals surface area contributed by atoms with Gasteiger partial charge in [-0.05, 0) is 32.1 Å². The molecule has 0 unspecified atom stereocenters. The molecule has 14 heavy (non-hydrogen) atoms. The Labute approximate surface area is 88.6 Å². The molecule has 1 radical (unpaired) electrons. The Bertz CT molecular complexity index is 138. The highest BCUT2D eigenvalue weighted by Gasteiger charge is 1.86. The lowest BCUT2D eigenvalue weighted by Gasteiger charge is -1.94. The zero-order valence-corrected chi connectivity index (χ0v) is 9.43. The SMILES string of the molecule is CCCCCCC=CCCCC[C]=O. The van der Waals surface area contributed by atoms with Crippen LogP contribution in [0.4, 0.5) is 0 Å². The largest absolute Gasteiger partial charge is 0.291 e. The predicted octanol–water partition coefficient (Wildman–Crippen LogP) is 4.18. The molecule has 0 spiro atoms. The molecule has 0 aromatic carbocycles. The van der Waals surface area contributed by atoms with Crippen LogP contribution in [-0.4, -0.2) is 6.29 Å². The summed E-state index contributed by atoms with van der Waals surface area (Å²) in [4.78, 5) is 9.90. The van der Waals surface area contributed by atoms with Crippen LogP contribution in [0.5, 0.6) is 0 Å². The summed E-state index contributed by atoms with van der Waals surface area (Å²) in [6.07, 6.45) is 16.9. The van der Waals surface area contributed by atoms with Gasteiger partial charge in [0.05, 0.1) is 0 Å². The number of unbranched alkanes of at least 4 members (excludes halogenated alkanes) is 7. The molecule has 0 saturated carbocycles. The molecule has 1 nitrogen and oxygen atoms in total. The van der Waals surface area contributed by atoms with Crippen molar-refractivity contribution in [1.29, 1.82) is 0 Å². The molecule has 0 heterocycles. The highest BCUT2D eigenvalue weighted by Crippen LogP contribution is 2.04. The van der Waals surface area contributed by atoms with E-state index in [1.54, 1.807) is 0 Å². The second kappa shape index (κ2) is 12.4. The molecular weight excluding hydrogens is 172 g/mol. The summed E-state index contributed by atoms with van der Waals surface area (Å²) in [6, 6.07) is 0. The van der Waals surface area contributed by atoms with Gasteiger partial charge in [-0.1, -0.05) is 38.3 Å². The lowest BCUT2D eigenvalue weighted by atomic mass is 10.1. The number of carbonyl (C=O) groups excluding carboxylic acids is 1. The molecule has 0 fully saturated rings. The van der Waals surface area contributed by atoms with Crippen molar-refractivity contribution in [1.82, 2.24) is 0 Å². The van der Waals surface area contributed by atoms with E-state index in [1.807, 2.05) is 6.29 Å². The van der Waals surface area contributed by atoms with E-state index < -0.39 is 0 Å². The lowest BCUT2D eigenvalue weighted by Crippen LogP contribution is -1.77. The highest BCUT2D eigenvalue weighted by molar-refractivity contribution is 5.50. The van der Waals surface area contributed by atoms with Gasteiger partial charge in [-0.3, -0.25) is 4.79 Å². The smallest absolute Gasteiger partial charge is 0.198 e. The molecule has 1 heteroatoms. The maximum absolute atomic E-state index is 9.90. The minimum atomic E-state index is 0.602. The Morgan fingerprint density at radius 2 is 1.57 bits per heavy atom. The van der Waals surface area contributed by atoms with Crippen molar-refractivity contribution in [2.24, 2.45) is 0 Å². The zero-order valence-electron chi connectivity index (χ0n) is 9.43. The topological polar surface area (TPSA) is 17.1 Å². The summed E-state index contributed by atoms with van der Waals surface area (Å²) < 4.78 is 0. The fraction of sp³-hybridized carbons (Fsp3) is 0.769. The van der Waals surface area contributed by atoms with Gasteiger partial charge < -0.3 is 0 Å². The fourth-order valence-corrected chi connectivity index (χ4v) is 1.38. The Hall–Kier alpha value is -0.590. The van der Waals surface area contributed by atoms with E-state index in [-0.39, 0.29) is 0 Å². The highest BCUT2D eigenvalue weighted by atomic mass is 16.1. The predicted molar refractivity (Wildman–Crippen MR) is 62.1 cm³/mol. The van der Waals surface area contributed by atoms with Crippen molar-refractivity contribution < 1.29 is 4.79 Å². The van der Waals surface area contributed by atoms with Gasteiger partial charge in [0.15, 0.2) is 6.29 Å². The second-order valence-electron chi connectivity index (χ2n) is 3.71. The minimum Gasteiger partial charge on any atom is -0.291 e. The third-order valence-electron chi connectivity index (χ3n) is 2.29. The summed E-state index contributed by atoms with van der Waals surface area (Å²) in [7, 11) is 0. The van der Waals surface area contributed by atoms with Crippen LogP contribution in [0.2, 0.25) is 0 Å². The van der Waals surface area contributed by atoms with Crippen molar-refractivity contribution in [3.05, 3.63) is 12.2 Å². The average Bonchev–Trinajstić information content (AvgIpc) is 2.21. The van der Waals surface area contributed by atoms with Gasteiger partial charge in [-0.25, -0.2) is 0 Å². The summed E-state index contributed by atoms with van der Waals surface area (Å²) in [5, 5.41) is 0. The number of hydrogen-bond donors (Lipinski definition) is 0. The molecule has 0 rings (SSSR count). The zero-order chi connectivity index (χ0) is 10.5. The molecule has 0 aromatic rings. The van der Waals surface area contributed by atoms with Crippen LogP contribution in [0.3, 0.4) is 0 Å². The first-order chi connectivity index (χ1) is 6.91. The summed E-state index contributed by atoms with van der Waals surface area (Å²) >= 11 is 0. The quantitative estimate of drug-likeness (QED) is 0.377. The first-order valence-electron chi connectivity index (χ1n) is 5.91. The van der Waals surface area contributed by atoms with Crippen LogP contribution in [0.15, 0.2) is 12.2 Å². The van der Waals surface area contributed by atoms with Crippen LogP contribution in [0.25, 0.3) is 0 Å². The van der Waals surface area contributed by atoms with Gasteiger partial charge in [0.2, 0.25) is 0 Å². The van der Waals surface area contributed by atoms with E-state index in [0.717, 1.165) is 19.3 Å². The maximum atomic E-state index is 9.90. The monoisotopic (exact) mass is 195 g/mol. The van der Waals surface area contributed by atoms with E-state index in [9.17, 15) is 4.79 Å². The third-order valence-corrected chi connectivity index (χ3v) is 2.29. The van der Waals surface area contributed by atoms with Crippen molar-refractivity contribution in [3.8, 4) is 0 Å². The molecule has 0 amide bonds.